The Morgan fingerprint density at radius 2 is 1.54 bits per heavy atom. The smallest absolute Gasteiger partial charge is 0.334 e. The highest BCUT2D eigenvalue weighted by atomic mass is 35.5. The highest BCUT2D eigenvalue weighted by molar-refractivity contribution is 6.31. The molecule has 0 bridgehead atoms. The highest BCUT2D eigenvalue weighted by Crippen LogP contribution is 2.40. The fourth-order valence-corrected chi connectivity index (χ4v) is 4.43. The Labute approximate surface area is 240 Å². The van der Waals surface area contributed by atoms with E-state index in [1.165, 1.54) is 11.1 Å². The molecule has 1 atom stereocenters. The van der Waals surface area contributed by atoms with Crippen molar-refractivity contribution in [2.75, 3.05) is 6.61 Å². The SMILES string of the molecule is CC.CCC.CCC/C(C)=C(\C(=O)OCC)C(c1ccccc1Cl)c1cn(C(=O)Cc2ccccc2)nc1C. The summed E-state index contributed by atoms with van der Waals surface area (Å²) in [6, 6.07) is 17.0. The van der Waals surface area contributed by atoms with Gasteiger partial charge in [0, 0.05) is 28.3 Å². The largest absolute Gasteiger partial charge is 0.463 e. The van der Waals surface area contributed by atoms with E-state index in [0.29, 0.717) is 16.3 Å². The van der Waals surface area contributed by atoms with E-state index in [1.807, 2.05) is 82.3 Å². The van der Waals surface area contributed by atoms with Crippen LogP contribution in [0.5, 0.6) is 0 Å². The van der Waals surface area contributed by atoms with Gasteiger partial charge in [0.15, 0.2) is 0 Å². The van der Waals surface area contributed by atoms with E-state index in [-0.39, 0.29) is 24.9 Å². The van der Waals surface area contributed by atoms with Gasteiger partial charge in [-0.05, 0) is 44.4 Å². The summed E-state index contributed by atoms with van der Waals surface area (Å²) < 4.78 is 6.85. The molecular weight excluding hydrogens is 508 g/mol. The van der Waals surface area contributed by atoms with Gasteiger partial charge in [-0.1, -0.05) is 113 Å². The average Bonchev–Trinajstić information content (AvgIpc) is 3.31. The summed E-state index contributed by atoms with van der Waals surface area (Å²) in [7, 11) is 0. The molecule has 212 valence electrons. The summed E-state index contributed by atoms with van der Waals surface area (Å²) >= 11 is 6.64. The lowest BCUT2D eigenvalue weighted by Gasteiger charge is -2.23. The molecule has 1 aromatic heterocycles. The zero-order valence-corrected chi connectivity index (χ0v) is 25.6. The summed E-state index contributed by atoms with van der Waals surface area (Å²) in [6.45, 7) is 16.2. The molecule has 2 aromatic carbocycles. The Morgan fingerprint density at radius 3 is 2.10 bits per heavy atom. The van der Waals surface area contributed by atoms with E-state index >= 15 is 0 Å². The zero-order valence-electron chi connectivity index (χ0n) is 24.9. The number of ether oxygens (including phenoxy) is 1. The van der Waals surface area contributed by atoms with Crippen molar-refractivity contribution in [1.82, 2.24) is 9.78 Å². The number of carbonyl (C=O) groups excluding carboxylic acids is 2. The fourth-order valence-electron chi connectivity index (χ4n) is 4.18. The molecular formula is C33H45ClN2O3. The maximum atomic E-state index is 13.2. The minimum Gasteiger partial charge on any atom is -0.463 e. The summed E-state index contributed by atoms with van der Waals surface area (Å²) in [5, 5.41) is 5.07. The number of hydrogen-bond acceptors (Lipinski definition) is 4. The summed E-state index contributed by atoms with van der Waals surface area (Å²) in [4.78, 5) is 26.3. The highest BCUT2D eigenvalue weighted by Gasteiger charge is 2.32. The van der Waals surface area contributed by atoms with Gasteiger partial charge in [0.05, 0.1) is 18.7 Å². The van der Waals surface area contributed by atoms with E-state index in [0.717, 1.165) is 35.1 Å². The van der Waals surface area contributed by atoms with Crippen molar-refractivity contribution in [3.63, 3.8) is 0 Å². The lowest BCUT2D eigenvalue weighted by Crippen LogP contribution is -2.19. The van der Waals surface area contributed by atoms with Crippen LogP contribution in [0.4, 0.5) is 0 Å². The van der Waals surface area contributed by atoms with Crippen LogP contribution in [0.25, 0.3) is 0 Å². The fraction of sp³-hybridized carbons (Fsp3) is 0.424. The van der Waals surface area contributed by atoms with Crippen molar-refractivity contribution in [2.45, 2.75) is 87.0 Å². The van der Waals surface area contributed by atoms with Crippen LogP contribution in [-0.4, -0.2) is 28.3 Å². The third kappa shape index (κ3) is 9.81. The molecule has 0 radical (unpaired) electrons. The van der Waals surface area contributed by atoms with Crippen molar-refractivity contribution < 1.29 is 14.3 Å². The molecule has 0 saturated carbocycles. The second-order valence-corrected chi connectivity index (χ2v) is 9.40. The Kier molecular flexibility index (Phi) is 15.8. The number of nitrogens with zero attached hydrogens (tertiary/aromatic N) is 2. The van der Waals surface area contributed by atoms with E-state index in [4.69, 9.17) is 16.3 Å². The standard InChI is InChI=1S/C28H31ClN2O3.C3H8.C2H6/c1-5-12-19(3)26(28(33)34-6-2)27(22-15-10-11-16-24(22)29)23-18-31(30-20(23)4)25(32)17-21-13-8-7-9-14-21;1-3-2;1-2/h7-11,13-16,18,27H,5-6,12,17H2,1-4H3;3H2,1-2H3;1-2H3/b26-19-;;. The third-order valence-electron chi connectivity index (χ3n) is 5.79. The van der Waals surface area contributed by atoms with E-state index in [1.54, 1.807) is 13.1 Å². The maximum Gasteiger partial charge on any atom is 0.334 e. The van der Waals surface area contributed by atoms with Crippen LogP contribution in [-0.2, 0) is 16.0 Å². The molecule has 0 N–H and O–H groups in total. The molecule has 3 aromatic rings. The molecule has 0 aliphatic carbocycles. The van der Waals surface area contributed by atoms with Crippen molar-refractivity contribution in [1.29, 1.82) is 0 Å². The number of carbonyl (C=O) groups is 2. The molecule has 0 amide bonds. The van der Waals surface area contributed by atoms with Crippen LogP contribution < -0.4 is 0 Å². The summed E-state index contributed by atoms with van der Waals surface area (Å²) in [5.74, 6) is -1.02. The minimum absolute atomic E-state index is 0.148. The topological polar surface area (TPSA) is 61.2 Å². The van der Waals surface area contributed by atoms with E-state index in [9.17, 15) is 9.59 Å². The van der Waals surface area contributed by atoms with Crippen LogP contribution in [0, 0.1) is 6.92 Å². The Morgan fingerprint density at radius 1 is 0.949 bits per heavy atom. The first-order chi connectivity index (χ1) is 18.8. The molecule has 0 saturated heterocycles. The Balaban J connectivity index is 0.00000142. The predicted molar refractivity (Wildman–Crippen MR) is 163 cm³/mol. The van der Waals surface area contributed by atoms with Gasteiger partial charge in [0.1, 0.15) is 0 Å². The van der Waals surface area contributed by atoms with Gasteiger partial charge in [-0.15, -0.1) is 0 Å². The molecule has 0 aliphatic rings. The van der Waals surface area contributed by atoms with Gasteiger partial charge in [0.2, 0.25) is 0 Å². The van der Waals surface area contributed by atoms with Crippen molar-refractivity contribution in [2.24, 2.45) is 0 Å². The minimum atomic E-state index is -0.502. The van der Waals surface area contributed by atoms with E-state index < -0.39 is 5.92 Å². The van der Waals surface area contributed by atoms with Crippen molar-refractivity contribution in [3.05, 3.63) is 99.3 Å². The molecule has 0 spiro atoms. The summed E-state index contributed by atoms with van der Waals surface area (Å²) in [6.07, 6.45) is 4.84. The molecule has 3 rings (SSSR count). The van der Waals surface area contributed by atoms with E-state index in [2.05, 4.69) is 25.9 Å². The number of rotatable bonds is 9. The molecule has 5 nitrogen and oxygen atoms in total. The monoisotopic (exact) mass is 552 g/mol. The van der Waals surface area contributed by atoms with Crippen molar-refractivity contribution in [3.8, 4) is 0 Å². The molecule has 6 heteroatoms. The van der Waals surface area contributed by atoms with Gasteiger partial charge in [-0.2, -0.15) is 5.10 Å². The number of aromatic nitrogens is 2. The normalized spacial score (nSPS) is 11.7. The van der Waals surface area contributed by atoms with Gasteiger partial charge < -0.3 is 4.74 Å². The number of aryl methyl sites for hydroxylation is 1. The number of benzene rings is 2. The van der Waals surface area contributed by atoms with Crippen LogP contribution >= 0.6 is 11.6 Å². The van der Waals surface area contributed by atoms with Gasteiger partial charge in [-0.3, -0.25) is 4.79 Å². The number of hydrogen-bond donors (Lipinski definition) is 0. The quantitative estimate of drug-likeness (QED) is 0.196. The predicted octanol–water partition coefficient (Wildman–Crippen LogP) is 8.98. The zero-order chi connectivity index (χ0) is 29.4. The molecule has 0 fully saturated rings. The molecule has 1 heterocycles. The lowest BCUT2D eigenvalue weighted by atomic mass is 9.82. The first kappa shape index (κ1) is 33.8. The van der Waals surface area contributed by atoms with Gasteiger partial charge >= 0.3 is 5.97 Å². The first-order valence-electron chi connectivity index (χ1n) is 14.0. The second-order valence-electron chi connectivity index (χ2n) is 9.00. The lowest BCUT2D eigenvalue weighted by molar-refractivity contribution is -0.138. The first-order valence-corrected chi connectivity index (χ1v) is 14.4. The van der Waals surface area contributed by atoms with Crippen LogP contribution in [0.1, 0.15) is 101 Å². The Hall–Kier alpha value is -3.18. The second kappa shape index (κ2) is 18.2. The maximum absolute atomic E-state index is 13.2. The van der Waals surface area contributed by atoms with Crippen LogP contribution in [0.15, 0.2) is 71.9 Å². The average molecular weight is 553 g/mol. The van der Waals surface area contributed by atoms with Gasteiger partial charge in [0.25, 0.3) is 5.91 Å². The van der Waals surface area contributed by atoms with Crippen LogP contribution in [0.3, 0.4) is 0 Å². The molecule has 1 unspecified atom stereocenters. The molecule has 39 heavy (non-hydrogen) atoms. The number of esters is 1. The third-order valence-corrected chi connectivity index (χ3v) is 6.13. The van der Waals surface area contributed by atoms with Gasteiger partial charge in [-0.25, -0.2) is 9.48 Å². The molecule has 0 aliphatic heterocycles. The van der Waals surface area contributed by atoms with Crippen molar-refractivity contribution >= 4 is 23.5 Å². The summed E-state index contributed by atoms with van der Waals surface area (Å²) in [5.41, 5.74) is 4.60. The number of halogens is 1. The van der Waals surface area contributed by atoms with Crippen LogP contribution in [0.2, 0.25) is 5.02 Å². The Bertz CT molecular complexity index is 1200. The number of allylic oxidation sites excluding steroid dienone is 1.